The average Bonchev–Trinajstić information content (AvgIpc) is 3.25. The third kappa shape index (κ3) is 8.66. The summed E-state index contributed by atoms with van der Waals surface area (Å²) in [6, 6.07) is 5.31. The number of hydrogen-bond acceptors (Lipinski definition) is 4. The second-order valence-electron chi connectivity index (χ2n) is 4.39. The molecule has 0 amide bonds. The molecule has 3 heterocycles. The van der Waals surface area contributed by atoms with Crippen LogP contribution in [0, 0.1) is 40.7 Å². The first-order valence-corrected chi connectivity index (χ1v) is 10.9. The van der Waals surface area contributed by atoms with Crippen LogP contribution in [0.4, 0.5) is 0 Å². The smallest absolute Gasteiger partial charge is 0.0481 e. The minimum atomic E-state index is 0. The van der Waals surface area contributed by atoms with E-state index in [2.05, 4.69) is 38.3 Å². The fourth-order valence-electron chi connectivity index (χ4n) is 1.98. The molecule has 0 atom stereocenters. The van der Waals surface area contributed by atoms with Gasteiger partial charge in [0, 0.05) is 52.5 Å². The Hall–Kier alpha value is 0.264. The molecule has 139 valence electrons. The minimum Gasteiger partial charge on any atom is -0.562 e. The fourth-order valence-corrected chi connectivity index (χ4v) is 4.92. The summed E-state index contributed by atoms with van der Waals surface area (Å²) in [4.78, 5) is 5.26. The molecule has 0 aromatic carbocycles. The Morgan fingerprint density at radius 3 is 2.00 bits per heavy atom. The van der Waals surface area contributed by atoms with Gasteiger partial charge in [0.2, 0.25) is 0 Å². The number of thiophene rings is 3. The van der Waals surface area contributed by atoms with Crippen LogP contribution >= 0.6 is 34.0 Å². The van der Waals surface area contributed by atoms with Crippen molar-refractivity contribution >= 4 is 44.1 Å². The predicted octanol–water partition coefficient (Wildman–Crippen LogP) is 8.01. The van der Waals surface area contributed by atoms with Crippen molar-refractivity contribution < 1.29 is 37.4 Å². The third-order valence-corrected chi connectivity index (χ3v) is 5.93. The van der Waals surface area contributed by atoms with Crippen molar-refractivity contribution in [3.63, 3.8) is 0 Å². The number of aryl methyl sites for hydroxylation is 4. The van der Waals surface area contributed by atoms with E-state index >= 15 is 0 Å². The largest absolute Gasteiger partial charge is 0.562 e. The van der Waals surface area contributed by atoms with Crippen molar-refractivity contribution in [2.24, 2.45) is 0 Å². The first kappa shape index (κ1) is 27.5. The van der Waals surface area contributed by atoms with Gasteiger partial charge in [-0.3, -0.25) is 11.3 Å². The molecule has 0 aliphatic carbocycles. The van der Waals surface area contributed by atoms with Crippen molar-refractivity contribution in [1.29, 1.82) is 0 Å². The summed E-state index contributed by atoms with van der Waals surface area (Å²) < 4.78 is 6.68. The quantitative estimate of drug-likeness (QED) is 0.344. The molecule has 3 aromatic rings. The van der Waals surface area contributed by atoms with Gasteiger partial charge in [-0.1, -0.05) is 34.6 Å². The summed E-state index contributed by atoms with van der Waals surface area (Å²) in [5.41, 5.74) is 0. The summed E-state index contributed by atoms with van der Waals surface area (Å²) in [6.45, 7) is 20.5. The predicted molar refractivity (Wildman–Crippen MR) is 115 cm³/mol. The SMILES string of the molecule is CC.CC.Cc1sc(C)c2sccc12.[CH2-]COc1[c-]c(C)sc1C.[Y]. The van der Waals surface area contributed by atoms with Gasteiger partial charge < -0.3 is 11.7 Å². The number of hydrogen-bond donors (Lipinski definition) is 0. The van der Waals surface area contributed by atoms with Gasteiger partial charge in [-0.05, 0) is 44.6 Å². The van der Waals surface area contributed by atoms with E-state index in [9.17, 15) is 0 Å². The van der Waals surface area contributed by atoms with Gasteiger partial charge in [0.25, 0.3) is 0 Å². The zero-order chi connectivity index (χ0) is 18.7. The van der Waals surface area contributed by atoms with Crippen LogP contribution in [0.1, 0.15) is 47.2 Å². The number of ether oxygens (including phenoxy) is 1. The van der Waals surface area contributed by atoms with Crippen molar-refractivity contribution in [2.75, 3.05) is 6.61 Å². The molecule has 0 aliphatic rings. The molecule has 3 aromatic heterocycles. The molecule has 1 radical (unpaired) electrons. The maximum atomic E-state index is 5.20. The molecule has 0 saturated heterocycles. The number of rotatable bonds is 2. The Morgan fingerprint density at radius 1 is 0.960 bits per heavy atom. The second kappa shape index (κ2) is 15.3. The molecule has 0 N–H and O–H groups in total. The fraction of sp³-hybridized carbons (Fsp3) is 0.450. The van der Waals surface area contributed by atoms with Crippen LogP contribution in [-0.4, -0.2) is 6.61 Å². The molecule has 0 fully saturated rings. The van der Waals surface area contributed by atoms with Gasteiger partial charge in [0.1, 0.15) is 0 Å². The van der Waals surface area contributed by atoms with Gasteiger partial charge in [-0.25, -0.2) is 0 Å². The molecular formula is C20H30OS3Y-2. The van der Waals surface area contributed by atoms with Crippen LogP contribution in [0.2, 0.25) is 0 Å². The first-order chi connectivity index (χ1) is 11.5. The Balaban J connectivity index is 0. The molecule has 25 heavy (non-hydrogen) atoms. The van der Waals surface area contributed by atoms with Gasteiger partial charge >= 0.3 is 0 Å². The van der Waals surface area contributed by atoms with E-state index in [0.29, 0.717) is 6.61 Å². The maximum Gasteiger partial charge on any atom is 0.0481 e. The van der Waals surface area contributed by atoms with E-state index in [1.165, 1.54) is 29.6 Å². The summed E-state index contributed by atoms with van der Waals surface area (Å²) in [6.07, 6.45) is 0. The zero-order valence-electron chi connectivity index (χ0n) is 16.8. The average molecular weight is 472 g/mol. The Kier molecular flexibility index (Phi) is 16.9. The van der Waals surface area contributed by atoms with Crippen LogP contribution in [0.15, 0.2) is 11.4 Å². The van der Waals surface area contributed by atoms with Crippen LogP contribution < -0.4 is 4.74 Å². The van der Waals surface area contributed by atoms with E-state index in [1.54, 1.807) is 11.3 Å². The van der Waals surface area contributed by atoms with Crippen molar-refractivity contribution in [2.45, 2.75) is 55.4 Å². The van der Waals surface area contributed by atoms with Crippen molar-refractivity contribution in [3.8, 4) is 5.75 Å². The van der Waals surface area contributed by atoms with E-state index in [-0.39, 0.29) is 32.7 Å². The topological polar surface area (TPSA) is 9.23 Å². The van der Waals surface area contributed by atoms with E-state index in [0.717, 1.165) is 5.75 Å². The molecular weight excluding hydrogens is 441 g/mol. The van der Waals surface area contributed by atoms with Crippen LogP contribution in [0.3, 0.4) is 0 Å². The molecule has 3 rings (SSSR count). The van der Waals surface area contributed by atoms with E-state index < -0.39 is 0 Å². The monoisotopic (exact) mass is 471 g/mol. The number of fused-ring (bicyclic) bond motifs is 1. The minimum absolute atomic E-state index is 0. The Labute approximate surface area is 191 Å². The van der Waals surface area contributed by atoms with Crippen molar-refractivity contribution in [3.05, 3.63) is 43.9 Å². The Morgan fingerprint density at radius 2 is 1.56 bits per heavy atom. The second-order valence-corrected chi connectivity index (χ2v) is 8.17. The van der Waals surface area contributed by atoms with Crippen LogP contribution in [0.5, 0.6) is 5.75 Å². The van der Waals surface area contributed by atoms with E-state index in [1.807, 2.05) is 64.2 Å². The van der Waals surface area contributed by atoms with Crippen LogP contribution in [0.25, 0.3) is 10.1 Å². The van der Waals surface area contributed by atoms with Gasteiger partial charge in [0.05, 0.1) is 0 Å². The molecule has 0 bridgehead atoms. The normalized spacial score (nSPS) is 8.84. The summed E-state index contributed by atoms with van der Waals surface area (Å²) in [5.74, 6) is 0.859. The summed E-state index contributed by atoms with van der Waals surface area (Å²) >= 11 is 5.45. The Bertz CT molecular complexity index is 663. The molecule has 0 aliphatic heterocycles. The molecule has 0 unspecified atom stereocenters. The maximum absolute atomic E-state index is 5.20. The molecule has 0 spiro atoms. The summed E-state index contributed by atoms with van der Waals surface area (Å²) in [5, 5.41) is 3.62. The van der Waals surface area contributed by atoms with Crippen LogP contribution in [-0.2, 0) is 32.7 Å². The van der Waals surface area contributed by atoms with E-state index in [4.69, 9.17) is 4.74 Å². The third-order valence-electron chi connectivity index (χ3n) is 2.83. The van der Waals surface area contributed by atoms with Crippen molar-refractivity contribution in [1.82, 2.24) is 0 Å². The van der Waals surface area contributed by atoms with Gasteiger partial charge in [-0.2, -0.15) is 6.07 Å². The van der Waals surface area contributed by atoms with Gasteiger partial charge in [0.15, 0.2) is 0 Å². The summed E-state index contributed by atoms with van der Waals surface area (Å²) in [7, 11) is 0. The van der Waals surface area contributed by atoms with Gasteiger partial charge in [-0.15, -0.1) is 32.4 Å². The molecule has 1 nitrogen and oxygen atoms in total. The first-order valence-electron chi connectivity index (χ1n) is 8.37. The molecule has 0 saturated carbocycles. The molecule has 5 heteroatoms. The zero-order valence-corrected chi connectivity index (χ0v) is 22.1. The standard InChI is InChI=1S/C8H10OS.C8H8S2.2C2H6.Y/c1-4-9-8-5-6(2)10-7(8)3;1-5-7-3-4-9-8(7)6(2)10-5;2*1-2;/h1,4H2,2-3H3;3-4H,1-2H3;2*1-2H3;/q-2;;;;.